The van der Waals surface area contributed by atoms with Crippen molar-refractivity contribution in [2.24, 2.45) is 0 Å². The minimum atomic E-state index is -0.441. The molecule has 0 saturated carbocycles. The third kappa shape index (κ3) is 3.43. The molecular formula is C19H15FN2O. The lowest BCUT2D eigenvalue weighted by molar-refractivity contribution is 0.102. The molecule has 1 heterocycles. The van der Waals surface area contributed by atoms with Crippen LogP contribution in [-0.4, -0.2) is 10.9 Å². The van der Waals surface area contributed by atoms with Gasteiger partial charge in [0.05, 0.1) is 11.4 Å². The number of aryl methyl sites for hydroxylation is 1. The molecule has 0 aliphatic rings. The van der Waals surface area contributed by atoms with E-state index >= 15 is 0 Å². The molecule has 2 aromatic carbocycles. The summed E-state index contributed by atoms with van der Waals surface area (Å²) in [6.45, 7) is 1.80. The second-order valence-corrected chi connectivity index (χ2v) is 5.23. The van der Waals surface area contributed by atoms with Crippen LogP contribution in [0.1, 0.15) is 15.9 Å². The number of pyridine rings is 1. The first kappa shape index (κ1) is 14.9. The molecule has 0 aliphatic heterocycles. The second kappa shape index (κ2) is 6.40. The van der Waals surface area contributed by atoms with Gasteiger partial charge >= 0.3 is 0 Å². The second-order valence-electron chi connectivity index (χ2n) is 5.23. The molecule has 0 unspecified atom stereocenters. The average molecular weight is 306 g/mol. The highest BCUT2D eigenvalue weighted by molar-refractivity contribution is 6.04. The van der Waals surface area contributed by atoms with Gasteiger partial charge in [0.15, 0.2) is 0 Å². The third-order valence-electron chi connectivity index (χ3n) is 3.48. The Bertz CT molecular complexity index is 830. The lowest BCUT2D eigenvalue weighted by Gasteiger charge is -2.08. The molecule has 0 atom stereocenters. The number of aromatic nitrogens is 1. The Morgan fingerprint density at radius 2 is 1.83 bits per heavy atom. The number of hydrogen-bond acceptors (Lipinski definition) is 2. The number of hydrogen-bond donors (Lipinski definition) is 1. The van der Waals surface area contributed by atoms with Gasteiger partial charge in [0.2, 0.25) is 0 Å². The standard InChI is InChI=1S/C19H15FN2O/c1-13-5-10-18(16(20)12-13)22-19(23)15-8-6-14(7-9-15)17-4-2-3-11-21-17/h2-12H,1H3,(H,22,23). The van der Waals surface area contributed by atoms with Gasteiger partial charge < -0.3 is 5.32 Å². The maximum Gasteiger partial charge on any atom is 0.255 e. The number of rotatable bonds is 3. The molecule has 0 aliphatic carbocycles. The predicted octanol–water partition coefficient (Wildman–Crippen LogP) is 4.45. The third-order valence-corrected chi connectivity index (χ3v) is 3.48. The first-order chi connectivity index (χ1) is 11.1. The van der Waals surface area contributed by atoms with Crippen LogP contribution in [0.4, 0.5) is 10.1 Å². The van der Waals surface area contributed by atoms with E-state index in [-0.39, 0.29) is 11.6 Å². The quantitative estimate of drug-likeness (QED) is 0.777. The van der Waals surface area contributed by atoms with Crippen LogP contribution >= 0.6 is 0 Å². The fraction of sp³-hybridized carbons (Fsp3) is 0.0526. The van der Waals surface area contributed by atoms with Crippen LogP contribution in [0.2, 0.25) is 0 Å². The van der Waals surface area contributed by atoms with Crippen LogP contribution in [-0.2, 0) is 0 Å². The van der Waals surface area contributed by atoms with Crippen molar-refractivity contribution >= 4 is 11.6 Å². The minimum Gasteiger partial charge on any atom is -0.319 e. The van der Waals surface area contributed by atoms with E-state index < -0.39 is 5.82 Å². The summed E-state index contributed by atoms with van der Waals surface area (Å²) < 4.78 is 13.8. The number of nitrogens with one attached hydrogen (secondary N) is 1. The Morgan fingerprint density at radius 1 is 1.04 bits per heavy atom. The van der Waals surface area contributed by atoms with Crippen molar-refractivity contribution in [2.45, 2.75) is 6.92 Å². The van der Waals surface area contributed by atoms with Crippen molar-refractivity contribution in [1.29, 1.82) is 0 Å². The lowest BCUT2D eigenvalue weighted by atomic mass is 10.1. The van der Waals surface area contributed by atoms with Gasteiger partial charge in [0.25, 0.3) is 5.91 Å². The fourth-order valence-electron chi connectivity index (χ4n) is 2.24. The van der Waals surface area contributed by atoms with Crippen molar-refractivity contribution in [1.82, 2.24) is 4.98 Å². The van der Waals surface area contributed by atoms with E-state index in [2.05, 4.69) is 10.3 Å². The molecular weight excluding hydrogens is 291 g/mol. The number of carbonyl (C=O) groups excluding carboxylic acids is 1. The Labute approximate surface area is 133 Å². The van der Waals surface area contributed by atoms with Crippen LogP contribution in [0.5, 0.6) is 0 Å². The molecule has 0 spiro atoms. The highest BCUT2D eigenvalue weighted by Crippen LogP contribution is 2.19. The van der Waals surface area contributed by atoms with Gasteiger partial charge in [-0.15, -0.1) is 0 Å². The van der Waals surface area contributed by atoms with Crippen LogP contribution in [0, 0.1) is 12.7 Å². The van der Waals surface area contributed by atoms with E-state index in [1.54, 1.807) is 37.4 Å². The van der Waals surface area contributed by atoms with Crippen molar-refractivity contribution in [3.63, 3.8) is 0 Å². The largest absolute Gasteiger partial charge is 0.319 e. The van der Waals surface area contributed by atoms with E-state index in [1.165, 1.54) is 6.07 Å². The Morgan fingerprint density at radius 3 is 2.48 bits per heavy atom. The highest BCUT2D eigenvalue weighted by Gasteiger charge is 2.10. The summed E-state index contributed by atoms with van der Waals surface area (Å²) in [6, 6.07) is 17.4. The van der Waals surface area contributed by atoms with E-state index in [4.69, 9.17) is 0 Å². The predicted molar refractivity (Wildman–Crippen MR) is 88.8 cm³/mol. The summed E-state index contributed by atoms with van der Waals surface area (Å²) in [5.41, 5.74) is 3.20. The molecule has 0 fully saturated rings. The van der Waals surface area contributed by atoms with E-state index in [0.29, 0.717) is 5.56 Å². The number of benzene rings is 2. The monoisotopic (exact) mass is 306 g/mol. The van der Waals surface area contributed by atoms with Crippen LogP contribution in [0.3, 0.4) is 0 Å². The molecule has 1 amide bonds. The molecule has 3 rings (SSSR count). The minimum absolute atomic E-state index is 0.175. The summed E-state index contributed by atoms with van der Waals surface area (Å²) in [5.74, 6) is -0.788. The normalized spacial score (nSPS) is 10.3. The van der Waals surface area contributed by atoms with Gasteiger partial charge in [-0.2, -0.15) is 0 Å². The molecule has 0 radical (unpaired) electrons. The van der Waals surface area contributed by atoms with E-state index in [0.717, 1.165) is 16.8 Å². The molecule has 0 saturated heterocycles. The molecule has 4 heteroatoms. The molecule has 3 nitrogen and oxygen atoms in total. The Balaban J connectivity index is 1.78. The zero-order valence-electron chi connectivity index (χ0n) is 12.6. The highest BCUT2D eigenvalue weighted by atomic mass is 19.1. The van der Waals surface area contributed by atoms with Crippen LogP contribution in [0.15, 0.2) is 66.9 Å². The SMILES string of the molecule is Cc1ccc(NC(=O)c2ccc(-c3ccccn3)cc2)c(F)c1. The summed E-state index contributed by atoms with van der Waals surface area (Å²) >= 11 is 0. The zero-order valence-corrected chi connectivity index (χ0v) is 12.6. The summed E-state index contributed by atoms with van der Waals surface area (Å²) in [6.07, 6.45) is 1.72. The van der Waals surface area contributed by atoms with Gasteiger partial charge in [-0.1, -0.05) is 24.3 Å². The molecule has 0 bridgehead atoms. The topological polar surface area (TPSA) is 42.0 Å². The fourth-order valence-corrected chi connectivity index (χ4v) is 2.24. The van der Waals surface area contributed by atoms with Gasteiger partial charge in [0, 0.05) is 17.3 Å². The number of anilines is 1. The number of carbonyl (C=O) groups is 1. The number of halogens is 1. The molecule has 1 aromatic heterocycles. The average Bonchev–Trinajstić information content (AvgIpc) is 2.58. The van der Waals surface area contributed by atoms with Crippen molar-refractivity contribution in [3.8, 4) is 11.3 Å². The first-order valence-electron chi connectivity index (χ1n) is 7.22. The van der Waals surface area contributed by atoms with Gasteiger partial charge in [-0.3, -0.25) is 9.78 Å². The Kier molecular flexibility index (Phi) is 4.15. The maximum atomic E-state index is 13.8. The van der Waals surface area contributed by atoms with Gasteiger partial charge in [-0.25, -0.2) is 4.39 Å². The zero-order chi connectivity index (χ0) is 16.2. The van der Waals surface area contributed by atoms with Crippen molar-refractivity contribution < 1.29 is 9.18 Å². The first-order valence-corrected chi connectivity index (χ1v) is 7.22. The van der Waals surface area contributed by atoms with Crippen LogP contribution in [0.25, 0.3) is 11.3 Å². The van der Waals surface area contributed by atoms with Crippen molar-refractivity contribution in [2.75, 3.05) is 5.32 Å². The Hall–Kier alpha value is -3.01. The number of amides is 1. The lowest BCUT2D eigenvalue weighted by Crippen LogP contribution is -2.12. The summed E-state index contributed by atoms with van der Waals surface area (Å²) in [5, 5.41) is 2.58. The molecule has 23 heavy (non-hydrogen) atoms. The van der Waals surface area contributed by atoms with E-state index in [1.807, 2.05) is 30.3 Å². The van der Waals surface area contributed by atoms with Crippen molar-refractivity contribution in [3.05, 3.63) is 83.8 Å². The van der Waals surface area contributed by atoms with Gasteiger partial charge in [0.1, 0.15) is 5.82 Å². The molecule has 1 N–H and O–H groups in total. The van der Waals surface area contributed by atoms with Crippen LogP contribution < -0.4 is 5.32 Å². The number of nitrogens with zero attached hydrogens (tertiary/aromatic N) is 1. The molecule has 3 aromatic rings. The summed E-state index contributed by atoms with van der Waals surface area (Å²) in [7, 11) is 0. The smallest absolute Gasteiger partial charge is 0.255 e. The summed E-state index contributed by atoms with van der Waals surface area (Å²) in [4.78, 5) is 16.5. The van der Waals surface area contributed by atoms with Gasteiger partial charge in [-0.05, 0) is 48.9 Å². The molecule has 114 valence electrons. The maximum absolute atomic E-state index is 13.8. The van der Waals surface area contributed by atoms with E-state index in [9.17, 15) is 9.18 Å².